The van der Waals surface area contributed by atoms with Crippen molar-refractivity contribution in [2.24, 2.45) is 0 Å². The number of amides is 2. The molecule has 0 aliphatic carbocycles. The summed E-state index contributed by atoms with van der Waals surface area (Å²) in [6.07, 6.45) is -0.703. The lowest BCUT2D eigenvalue weighted by Gasteiger charge is -2.40. The van der Waals surface area contributed by atoms with E-state index in [2.05, 4.69) is 27.3 Å². The van der Waals surface area contributed by atoms with Crippen LogP contribution in [0, 0.1) is 0 Å². The minimum absolute atomic E-state index is 0.179. The molecular weight excluding hydrogens is 348 g/mol. The van der Waals surface area contributed by atoms with E-state index in [0.29, 0.717) is 11.0 Å². The zero-order chi connectivity index (χ0) is 18.6. The van der Waals surface area contributed by atoms with Crippen LogP contribution in [-0.4, -0.2) is 80.4 Å². The number of carbonyl (C=O) groups excluding carboxylic acids is 2. The third-order valence-electron chi connectivity index (χ3n) is 4.35. The van der Waals surface area contributed by atoms with Gasteiger partial charge in [-0.2, -0.15) is 0 Å². The molecule has 3 N–H and O–H groups in total. The predicted octanol–water partition coefficient (Wildman–Crippen LogP) is 1.55. The van der Waals surface area contributed by atoms with Gasteiger partial charge in [0, 0.05) is 19.2 Å². The Hall–Kier alpha value is -2.03. The number of carbonyl (C=O) groups is 2. The number of phenolic OH excluding ortho intramolecular Hbond substituents is 1. The summed E-state index contributed by atoms with van der Waals surface area (Å²) in [5.74, 6) is -0.391. The Morgan fingerprint density at radius 3 is 2.52 bits per heavy atom. The molecule has 1 saturated heterocycles. The maximum Gasteiger partial charge on any atom is 0.411 e. The number of anilines is 2. The molecule has 1 aliphatic heterocycles. The molecule has 1 heterocycles. The number of ether oxygens (including phenoxy) is 1. The normalized spacial score (nSPS) is 17.0. The van der Waals surface area contributed by atoms with Crippen molar-refractivity contribution in [2.45, 2.75) is 0 Å². The number of likely N-dealkylation sites (N-methyl/N-ethyl adjacent to an activating group) is 2. The second-order valence-corrected chi connectivity index (χ2v) is 6.95. The number of hydrogen-bond acceptors (Lipinski definition) is 5. The number of halogens is 1. The molecule has 8 nitrogen and oxygen atoms in total. The van der Waals surface area contributed by atoms with Crippen molar-refractivity contribution in [3.8, 4) is 5.75 Å². The van der Waals surface area contributed by atoms with E-state index in [0.717, 1.165) is 26.2 Å². The molecule has 1 aromatic rings. The highest BCUT2D eigenvalue weighted by molar-refractivity contribution is 6.34. The number of aromatic hydroxyl groups is 1. The third-order valence-corrected chi connectivity index (χ3v) is 4.66. The van der Waals surface area contributed by atoms with Gasteiger partial charge >= 0.3 is 6.09 Å². The molecular formula is C16H24ClN4O4+. The SMILES string of the molecule is COC(=O)Nc1cc(O)c(NC(=O)C[N+]2(C)CCN(C)CC2)cc1Cl. The van der Waals surface area contributed by atoms with Gasteiger partial charge in [0.15, 0.2) is 6.54 Å². The molecule has 9 heteroatoms. The van der Waals surface area contributed by atoms with Crippen LogP contribution in [-0.2, 0) is 9.53 Å². The highest BCUT2D eigenvalue weighted by Crippen LogP contribution is 2.34. The topological polar surface area (TPSA) is 90.9 Å². The summed E-state index contributed by atoms with van der Waals surface area (Å²) in [7, 11) is 5.33. The lowest BCUT2D eigenvalue weighted by Crippen LogP contribution is -2.58. The van der Waals surface area contributed by atoms with Gasteiger partial charge in [-0.05, 0) is 13.1 Å². The highest BCUT2D eigenvalue weighted by atomic mass is 35.5. The molecule has 1 fully saturated rings. The van der Waals surface area contributed by atoms with Crippen molar-refractivity contribution in [1.82, 2.24) is 4.90 Å². The molecule has 138 valence electrons. The molecule has 0 spiro atoms. The van der Waals surface area contributed by atoms with Gasteiger partial charge in [0.1, 0.15) is 5.75 Å². The zero-order valence-electron chi connectivity index (χ0n) is 14.6. The smallest absolute Gasteiger partial charge is 0.411 e. The Morgan fingerprint density at radius 2 is 1.92 bits per heavy atom. The van der Waals surface area contributed by atoms with E-state index < -0.39 is 6.09 Å². The molecule has 0 unspecified atom stereocenters. The maximum atomic E-state index is 12.4. The summed E-state index contributed by atoms with van der Waals surface area (Å²) in [6, 6.07) is 2.66. The highest BCUT2D eigenvalue weighted by Gasteiger charge is 2.30. The Balaban J connectivity index is 2.03. The fraction of sp³-hybridized carbons (Fsp3) is 0.500. The number of quaternary nitrogens is 1. The van der Waals surface area contributed by atoms with Gasteiger partial charge in [0.2, 0.25) is 0 Å². The van der Waals surface area contributed by atoms with Gasteiger partial charge in [-0.3, -0.25) is 15.0 Å². The van der Waals surface area contributed by atoms with Crippen molar-refractivity contribution >= 4 is 35.0 Å². The van der Waals surface area contributed by atoms with Gasteiger partial charge < -0.3 is 19.6 Å². The van der Waals surface area contributed by atoms with Gasteiger partial charge in [-0.1, -0.05) is 11.6 Å². The first-order chi connectivity index (χ1) is 11.7. The first-order valence-corrected chi connectivity index (χ1v) is 8.29. The zero-order valence-corrected chi connectivity index (χ0v) is 15.4. The van der Waals surface area contributed by atoms with Crippen LogP contribution in [0.2, 0.25) is 5.02 Å². The summed E-state index contributed by atoms with van der Waals surface area (Å²) in [6.45, 7) is 3.97. The number of benzene rings is 1. The third kappa shape index (κ3) is 5.22. The van der Waals surface area contributed by atoms with Gasteiger partial charge in [-0.15, -0.1) is 0 Å². The number of piperazine rings is 1. The molecule has 25 heavy (non-hydrogen) atoms. The largest absolute Gasteiger partial charge is 0.506 e. The molecule has 0 saturated carbocycles. The van der Waals surface area contributed by atoms with Crippen molar-refractivity contribution in [1.29, 1.82) is 0 Å². The number of nitrogens with zero attached hydrogens (tertiary/aromatic N) is 2. The lowest BCUT2D eigenvalue weighted by molar-refractivity contribution is -0.905. The van der Waals surface area contributed by atoms with E-state index in [1.54, 1.807) is 0 Å². The number of phenols is 1. The van der Waals surface area contributed by atoms with E-state index in [-0.39, 0.29) is 28.1 Å². The quantitative estimate of drug-likeness (QED) is 0.552. The van der Waals surface area contributed by atoms with Crippen LogP contribution in [0.5, 0.6) is 5.75 Å². The number of rotatable bonds is 4. The summed E-state index contributed by atoms with van der Waals surface area (Å²) in [5.41, 5.74) is 0.396. The van der Waals surface area contributed by atoms with Crippen LogP contribution >= 0.6 is 11.6 Å². The molecule has 0 atom stereocenters. The van der Waals surface area contributed by atoms with E-state index in [1.165, 1.54) is 19.2 Å². The van der Waals surface area contributed by atoms with Crippen molar-refractivity contribution < 1.29 is 23.9 Å². The predicted molar refractivity (Wildman–Crippen MR) is 96.1 cm³/mol. The minimum Gasteiger partial charge on any atom is -0.506 e. The Labute approximate surface area is 151 Å². The monoisotopic (exact) mass is 371 g/mol. The van der Waals surface area contributed by atoms with Crippen LogP contribution in [0.3, 0.4) is 0 Å². The second-order valence-electron chi connectivity index (χ2n) is 6.54. The lowest BCUT2D eigenvalue weighted by atomic mass is 10.2. The molecule has 0 bridgehead atoms. The Bertz CT molecular complexity index is 660. The second kappa shape index (κ2) is 7.90. The van der Waals surface area contributed by atoms with Gasteiger partial charge in [0.25, 0.3) is 5.91 Å². The minimum atomic E-state index is -0.703. The van der Waals surface area contributed by atoms with Crippen molar-refractivity contribution in [2.75, 3.05) is 64.6 Å². The van der Waals surface area contributed by atoms with Crippen LogP contribution in [0.4, 0.5) is 16.2 Å². The van der Waals surface area contributed by atoms with Crippen LogP contribution in [0.15, 0.2) is 12.1 Å². The summed E-state index contributed by atoms with van der Waals surface area (Å²) in [4.78, 5) is 25.8. The summed E-state index contributed by atoms with van der Waals surface area (Å²) < 4.78 is 5.13. The Kier molecular flexibility index (Phi) is 6.10. The number of methoxy groups -OCH3 is 1. The van der Waals surface area contributed by atoms with E-state index in [1.807, 2.05) is 7.05 Å². The van der Waals surface area contributed by atoms with Crippen LogP contribution in [0.1, 0.15) is 0 Å². The molecule has 0 radical (unpaired) electrons. The fourth-order valence-electron chi connectivity index (χ4n) is 2.66. The van der Waals surface area contributed by atoms with Crippen LogP contribution < -0.4 is 10.6 Å². The first-order valence-electron chi connectivity index (χ1n) is 7.92. The fourth-order valence-corrected chi connectivity index (χ4v) is 2.87. The molecule has 1 aromatic carbocycles. The van der Waals surface area contributed by atoms with E-state index >= 15 is 0 Å². The maximum absolute atomic E-state index is 12.4. The van der Waals surface area contributed by atoms with Gasteiger partial charge in [-0.25, -0.2) is 4.79 Å². The van der Waals surface area contributed by atoms with E-state index in [4.69, 9.17) is 11.6 Å². The van der Waals surface area contributed by atoms with Crippen molar-refractivity contribution in [3.63, 3.8) is 0 Å². The summed E-state index contributed by atoms with van der Waals surface area (Å²) in [5, 5.41) is 15.3. The average molecular weight is 372 g/mol. The molecule has 0 aromatic heterocycles. The standard InChI is InChI=1S/C16H23ClN4O4/c1-20-4-6-21(2,7-5-20)10-15(23)18-13-8-11(17)12(9-14(13)22)19-16(24)25-3/h8-9H,4-7,10H2,1-3H3,(H2-,18,19,22,23,24)/p+1. The molecule has 1 aliphatic rings. The number of hydrogen-bond donors (Lipinski definition) is 3. The molecule has 2 amide bonds. The Morgan fingerprint density at radius 1 is 1.28 bits per heavy atom. The summed E-state index contributed by atoms with van der Waals surface area (Å²) >= 11 is 6.08. The molecule has 2 rings (SSSR count). The van der Waals surface area contributed by atoms with Crippen LogP contribution in [0.25, 0.3) is 0 Å². The average Bonchev–Trinajstić information content (AvgIpc) is 2.55. The first kappa shape index (κ1) is 19.3. The number of nitrogens with one attached hydrogen (secondary N) is 2. The van der Waals surface area contributed by atoms with E-state index in [9.17, 15) is 14.7 Å². The van der Waals surface area contributed by atoms with Gasteiger partial charge in [0.05, 0.1) is 43.6 Å². The van der Waals surface area contributed by atoms with Crippen molar-refractivity contribution in [3.05, 3.63) is 17.2 Å².